The van der Waals surface area contributed by atoms with Crippen molar-refractivity contribution in [2.45, 2.75) is 37.6 Å². The number of carbonyl (C=O) groups excluding carboxylic acids is 1. The van der Waals surface area contributed by atoms with E-state index >= 15 is 0 Å². The molecule has 2 aromatic carbocycles. The molecule has 0 fully saturated rings. The highest BCUT2D eigenvalue weighted by molar-refractivity contribution is 7.89. The van der Waals surface area contributed by atoms with E-state index < -0.39 is 22.0 Å². The molecule has 6 nitrogen and oxygen atoms in total. The third-order valence-electron chi connectivity index (χ3n) is 3.96. The number of ether oxygens (including phenoxy) is 1. The lowest BCUT2D eigenvalue weighted by Crippen LogP contribution is -2.42. The van der Waals surface area contributed by atoms with E-state index in [1.807, 2.05) is 6.92 Å². The molecule has 0 saturated heterocycles. The van der Waals surface area contributed by atoms with Crippen LogP contribution in [-0.2, 0) is 14.8 Å². The van der Waals surface area contributed by atoms with Crippen molar-refractivity contribution < 1.29 is 17.9 Å². The van der Waals surface area contributed by atoms with Crippen LogP contribution in [0.1, 0.15) is 37.0 Å². The number of anilines is 1. The van der Waals surface area contributed by atoms with Crippen molar-refractivity contribution in [3.63, 3.8) is 0 Å². The van der Waals surface area contributed by atoms with Crippen LogP contribution >= 0.6 is 23.8 Å². The summed E-state index contributed by atoms with van der Waals surface area (Å²) in [5.41, 5.74) is 0.959. The highest BCUT2D eigenvalue weighted by Gasteiger charge is 2.23. The summed E-state index contributed by atoms with van der Waals surface area (Å²) < 4.78 is 33.0. The summed E-state index contributed by atoms with van der Waals surface area (Å²) in [6.45, 7) is 3.95. The van der Waals surface area contributed by atoms with Gasteiger partial charge in [-0.1, -0.05) is 43.2 Å². The van der Waals surface area contributed by atoms with E-state index in [4.69, 9.17) is 28.6 Å². The van der Waals surface area contributed by atoms with Gasteiger partial charge in [-0.3, -0.25) is 0 Å². The molecule has 0 aromatic heterocycles. The molecule has 0 saturated carbocycles. The summed E-state index contributed by atoms with van der Waals surface area (Å²) in [6, 6.07) is 12.0. The highest BCUT2D eigenvalue weighted by Crippen LogP contribution is 2.17. The summed E-state index contributed by atoms with van der Waals surface area (Å²) in [7, 11) is -3.77. The molecule has 0 heterocycles. The van der Waals surface area contributed by atoms with Gasteiger partial charge in [-0.2, -0.15) is 0 Å². The second-order valence-corrected chi connectivity index (χ2v) is 8.80. The minimum absolute atomic E-state index is 0.107. The Morgan fingerprint density at radius 1 is 1.17 bits per heavy atom. The van der Waals surface area contributed by atoms with Crippen molar-refractivity contribution in [3.8, 4) is 0 Å². The van der Waals surface area contributed by atoms with Gasteiger partial charge < -0.3 is 10.1 Å². The number of hydrogen-bond acceptors (Lipinski definition) is 5. The molecule has 2 aromatic rings. The Bertz CT molecular complexity index is 963. The van der Waals surface area contributed by atoms with Crippen LogP contribution in [-0.4, -0.2) is 32.0 Å². The standard InChI is InChI=1S/C20H23ClN2O4S2/c1-3-6-18(23-29(25,26)17-11-9-15(21)10-12-17)19(28)22-16-8-5-7-14(13-16)20(24)27-4-2/h5,7-13,18,23H,3-4,6H2,1-2H3,(H,22,28)/t18-/m0/s1. The first-order valence-electron chi connectivity index (χ1n) is 9.12. The van der Waals surface area contributed by atoms with Crippen LogP contribution < -0.4 is 10.0 Å². The van der Waals surface area contributed by atoms with Crippen LogP contribution in [0.25, 0.3) is 0 Å². The molecular weight excluding hydrogens is 432 g/mol. The third-order valence-corrected chi connectivity index (χ3v) is 6.08. The van der Waals surface area contributed by atoms with Crippen LogP contribution in [0.5, 0.6) is 0 Å². The number of carbonyl (C=O) groups is 1. The van der Waals surface area contributed by atoms with E-state index in [0.29, 0.717) is 27.7 Å². The van der Waals surface area contributed by atoms with Crippen LogP contribution in [0.15, 0.2) is 53.4 Å². The molecule has 9 heteroatoms. The second-order valence-electron chi connectivity index (χ2n) is 6.21. The number of nitrogens with one attached hydrogen (secondary N) is 2. The Kier molecular flexibility index (Phi) is 8.58. The van der Waals surface area contributed by atoms with Gasteiger partial charge in [0.2, 0.25) is 10.0 Å². The fourth-order valence-corrected chi connectivity index (χ4v) is 4.30. The number of thiocarbonyl (C=S) groups is 1. The fourth-order valence-electron chi connectivity index (χ4n) is 2.57. The molecule has 0 spiro atoms. The van der Waals surface area contributed by atoms with Crippen LogP contribution in [0.2, 0.25) is 5.02 Å². The van der Waals surface area contributed by atoms with Gasteiger partial charge in [0.05, 0.1) is 28.1 Å². The zero-order valence-electron chi connectivity index (χ0n) is 16.1. The van der Waals surface area contributed by atoms with Crippen LogP contribution in [0, 0.1) is 0 Å². The first-order valence-corrected chi connectivity index (χ1v) is 11.4. The summed E-state index contributed by atoms with van der Waals surface area (Å²) in [6.07, 6.45) is 1.23. The predicted molar refractivity (Wildman–Crippen MR) is 119 cm³/mol. The molecule has 0 radical (unpaired) electrons. The van der Waals surface area contributed by atoms with Gasteiger partial charge in [0.1, 0.15) is 0 Å². The van der Waals surface area contributed by atoms with Gasteiger partial charge in [0.25, 0.3) is 0 Å². The lowest BCUT2D eigenvalue weighted by Gasteiger charge is -2.21. The van der Waals surface area contributed by atoms with Crippen molar-refractivity contribution in [1.29, 1.82) is 0 Å². The first-order chi connectivity index (χ1) is 13.8. The lowest BCUT2D eigenvalue weighted by atomic mass is 10.1. The molecule has 0 bridgehead atoms. The molecule has 0 amide bonds. The smallest absolute Gasteiger partial charge is 0.338 e. The van der Waals surface area contributed by atoms with Gasteiger partial charge >= 0.3 is 5.97 Å². The second kappa shape index (κ2) is 10.7. The van der Waals surface area contributed by atoms with Crippen LogP contribution in [0.3, 0.4) is 0 Å². The topological polar surface area (TPSA) is 84.5 Å². The van der Waals surface area contributed by atoms with Crippen molar-refractivity contribution in [2.24, 2.45) is 0 Å². The number of hydrogen-bond donors (Lipinski definition) is 2. The SMILES string of the molecule is CCC[C@H](NS(=O)(=O)c1ccc(Cl)cc1)C(=S)Nc1cccc(C(=O)OCC)c1. The molecule has 2 rings (SSSR count). The molecular formula is C20H23ClN2O4S2. The zero-order valence-corrected chi connectivity index (χ0v) is 18.5. The first kappa shape index (κ1) is 23.3. The number of halogens is 1. The number of esters is 1. The Morgan fingerprint density at radius 2 is 1.86 bits per heavy atom. The van der Waals surface area contributed by atoms with Crippen LogP contribution in [0.4, 0.5) is 5.69 Å². The zero-order chi connectivity index (χ0) is 21.4. The molecule has 2 N–H and O–H groups in total. The summed E-state index contributed by atoms with van der Waals surface area (Å²) in [5.74, 6) is -0.435. The average Bonchev–Trinajstić information content (AvgIpc) is 2.68. The maximum Gasteiger partial charge on any atom is 0.338 e. The minimum atomic E-state index is -3.77. The van der Waals surface area contributed by atoms with Crippen molar-refractivity contribution in [2.75, 3.05) is 11.9 Å². The molecule has 1 atom stereocenters. The fraction of sp³-hybridized carbons (Fsp3) is 0.300. The van der Waals surface area contributed by atoms with Gasteiger partial charge in [-0.25, -0.2) is 17.9 Å². The van der Waals surface area contributed by atoms with E-state index in [2.05, 4.69) is 10.0 Å². The molecule has 29 heavy (non-hydrogen) atoms. The van der Waals surface area contributed by atoms with Crippen molar-refractivity contribution in [3.05, 3.63) is 59.1 Å². The highest BCUT2D eigenvalue weighted by atomic mass is 35.5. The Hall–Kier alpha value is -2.00. The van der Waals surface area contributed by atoms with Gasteiger partial charge in [0.15, 0.2) is 0 Å². The maximum atomic E-state index is 12.7. The van der Waals surface area contributed by atoms with Crippen molar-refractivity contribution >= 4 is 50.5 Å². The van der Waals surface area contributed by atoms with Crippen molar-refractivity contribution in [1.82, 2.24) is 4.72 Å². The van der Waals surface area contributed by atoms with E-state index in [0.717, 1.165) is 6.42 Å². The van der Waals surface area contributed by atoms with E-state index in [1.54, 1.807) is 31.2 Å². The van der Waals surface area contributed by atoms with Gasteiger partial charge in [-0.05, 0) is 55.8 Å². The molecule has 0 aliphatic rings. The normalized spacial score (nSPS) is 12.2. The summed E-state index contributed by atoms with van der Waals surface area (Å²) >= 11 is 11.3. The van der Waals surface area contributed by atoms with E-state index in [-0.39, 0.29) is 11.5 Å². The lowest BCUT2D eigenvalue weighted by molar-refractivity contribution is 0.0526. The average molecular weight is 455 g/mol. The molecule has 0 aliphatic heterocycles. The molecule has 0 aliphatic carbocycles. The maximum absolute atomic E-state index is 12.7. The Labute approximate surface area is 181 Å². The number of benzene rings is 2. The Morgan fingerprint density at radius 3 is 2.48 bits per heavy atom. The quantitative estimate of drug-likeness (QED) is 0.431. The largest absolute Gasteiger partial charge is 0.462 e. The monoisotopic (exact) mass is 454 g/mol. The van der Waals surface area contributed by atoms with E-state index in [1.165, 1.54) is 24.3 Å². The summed E-state index contributed by atoms with van der Waals surface area (Å²) in [5, 5.41) is 3.47. The molecule has 0 unspecified atom stereocenters. The third kappa shape index (κ3) is 6.78. The number of rotatable bonds is 9. The predicted octanol–water partition coefficient (Wildman–Crippen LogP) is 4.40. The Balaban J connectivity index is 2.16. The molecule has 156 valence electrons. The summed E-state index contributed by atoms with van der Waals surface area (Å²) in [4.78, 5) is 12.3. The minimum Gasteiger partial charge on any atom is -0.462 e. The number of sulfonamides is 1. The van der Waals surface area contributed by atoms with Gasteiger partial charge in [-0.15, -0.1) is 0 Å². The van der Waals surface area contributed by atoms with E-state index in [9.17, 15) is 13.2 Å². The van der Waals surface area contributed by atoms with Gasteiger partial charge in [0, 0.05) is 10.7 Å².